The van der Waals surface area contributed by atoms with Crippen LogP contribution in [0, 0.1) is 0 Å². The van der Waals surface area contributed by atoms with Gasteiger partial charge in [-0.05, 0) is 17.7 Å². The van der Waals surface area contributed by atoms with Crippen molar-refractivity contribution < 1.29 is 13.2 Å². The van der Waals surface area contributed by atoms with E-state index in [1.165, 1.54) is 6.20 Å². The monoisotopic (exact) mass is 433 g/mol. The van der Waals surface area contributed by atoms with Gasteiger partial charge in [0.15, 0.2) is 5.82 Å². The first-order valence-corrected chi connectivity index (χ1v) is 10.2. The largest absolute Gasteiger partial charge is 0.352 e. The molecule has 26 heavy (non-hydrogen) atoms. The van der Waals surface area contributed by atoms with Gasteiger partial charge >= 0.3 is 0 Å². The summed E-state index contributed by atoms with van der Waals surface area (Å²) in [6, 6.07) is 12.0. The molecule has 2 N–H and O–H groups in total. The lowest BCUT2D eigenvalue weighted by Gasteiger charge is -2.16. The third kappa shape index (κ3) is 6.17. The molecule has 0 aliphatic heterocycles. The first-order valence-electron chi connectivity index (χ1n) is 7.14. The molecule has 0 saturated heterocycles. The van der Waals surface area contributed by atoms with Gasteiger partial charge in [0.05, 0.1) is 11.9 Å². The SMILES string of the molecule is CS(=O)(=O)Nc1ncccc1N/C(=C/C(=O)C(Cl)(Cl)Cl)c1ccccc1. The zero-order chi connectivity index (χ0) is 19.4. The summed E-state index contributed by atoms with van der Waals surface area (Å²) in [5, 5.41) is 2.96. The molecular formula is C16H14Cl3N3O3S. The van der Waals surface area contributed by atoms with Gasteiger partial charge in [0, 0.05) is 18.0 Å². The van der Waals surface area contributed by atoms with Crippen molar-refractivity contribution in [1.29, 1.82) is 0 Å². The van der Waals surface area contributed by atoms with E-state index in [-0.39, 0.29) is 5.82 Å². The summed E-state index contributed by atoms with van der Waals surface area (Å²) in [6.07, 6.45) is 3.57. The highest BCUT2D eigenvalue weighted by Gasteiger charge is 2.29. The van der Waals surface area contributed by atoms with Gasteiger partial charge in [-0.2, -0.15) is 0 Å². The standard InChI is InChI=1S/C16H14Cl3N3O3S/c1-26(24,25)22-15-12(8-5-9-20-15)21-13(10-14(23)16(17,18)19)11-6-3-2-4-7-11/h2-10,21H,1H3,(H,20,22)/b13-10+. The number of aromatic nitrogens is 1. The molecule has 10 heteroatoms. The maximum atomic E-state index is 12.1. The number of hydrogen-bond acceptors (Lipinski definition) is 5. The number of ketones is 1. The maximum absolute atomic E-state index is 12.1. The number of carbonyl (C=O) groups is 1. The van der Waals surface area contributed by atoms with Crippen molar-refractivity contribution in [1.82, 2.24) is 4.98 Å². The summed E-state index contributed by atoms with van der Waals surface area (Å²) in [6.45, 7) is 0. The molecule has 0 saturated carbocycles. The van der Waals surface area contributed by atoms with Gasteiger partial charge in [0.1, 0.15) is 0 Å². The van der Waals surface area contributed by atoms with E-state index in [4.69, 9.17) is 34.8 Å². The van der Waals surface area contributed by atoms with Crippen LogP contribution in [-0.2, 0) is 14.8 Å². The Morgan fingerprint density at radius 3 is 2.35 bits per heavy atom. The van der Waals surface area contributed by atoms with Crippen molar-refractivity contribution in [3.63, 3.8) is 0 Å². The molecule has 0 atom stereocenters. The van der Waals surface area contributed by atoms with Crippen LogP contribution in [0.4, 0.5) is 11.5 Å². The third-order valence-corrected chi connectivity index (χ3v) is 4.12. The first-order chi connectivity index (χ1) is 12.1. The average molecular weight is 435 g/mol. The van der Waals surface area contributed by atoms with Crippen LogP contribution in [0.1, 0.15) is 5.56 Å². The van der Waals surface area contributed by atoms with Crippen molar-refractivity contribution in [3.8, 4) is 0 Å². The summed E-state index contributed by atoms with van der Waals surface area (Å²) < 4.78 is 23.2. The predicted molar refractivity (Wildman–Crippen MR) is 106 cm³/mol. The number of benzene rings is 1. The van der Waals surface area contributed by atoms with E-state index in [9.17, 15) is 13.2 Å². The van der Waals surface area contributed by atoms with Crippen molar-refractivity contribution in [2.45, 2.75) is 3.79 Å². The van der Waals surface area contributed by atoms with E-state index in [1.807, 2.05) is 0 Å². The second-order valence-corrected chi connectivity index (χ2v) is 9.21. The third-order valence-electron chi connectivity index (χ3n) is 3.00. The quantitative estimate of drug-likeness (QED) is 0.532. The van der Waals surface area contributed by atoms with Crippen molar-refractivity contribution in [2.75, 3.05) is 16.3 Å². The molecule has 0 aliphatic carbocycles. The fourth-order valence-electron chi connectivity index (χ4n) is 1.93. The number of anilines is 2. The van der Waals surface area contributed by atoms with E-state index in [2.05, 4.69) is 15.0 Å². The lowest BCUT2D eigenvalue weighted by Crippen LogP contribution is -2.18. The number of alkyl halides is 3. The number of nitrogens with zero attached hydrogens (tertiary/aromatic N) is 1. The fraction of sp³-hybridized carbons (Fsp3) is 0.125. The molecule has 138 valence electrons. The molecular weight excluding hydrogens is 421 g/mol. The number of rotatable bonds is 6. The fourth-order valence-corrected chi connectivity index (χ4v) is 2.61. The Bertz CT molecular complexity index is 927. The van der Waals surface area contributed by atoms with E-state index in [0.717, 1.165) is 12.3 Å². The smallest absolute Gasteiger partial charge is 0.252 e. The second kappa shape index (κ2) is 8.26. The Morgan fingerprint density at radius 2 is 1.77 bits per heavy atom. The Labute approximate surface area is 166 Å². The van der Waals surface area contributed by atoms with Crippen LogP contribution >= 0.6 is 34.8 Å². The minimum atomic E-state index is -3.55. The zero-order valence-corrected chi connectivity index (χ0v) is 16.5. The molecule has 1 aromatic heterocycles. The van der Waals surface area contributed by atoms with Gasteiger partial charge in [-0.1, -0.05) is 65.1 Å². The molecule has 6 nitrogen and oxygen atoms in total. The Hall–Kier alpha value is -1.80. The van der Waals surface area contributed by atoms with Crippen LogP contribution in [0.15, 0.2) is 54.7 Å². The molecule has 0 bridgehead atoms. The predicted octanol–water partition coefficient (Wildman–Crippen LogP) is 3.85. The van der Waals surface area contributed by atoms with Crippen molar-refractivity contribution >= 4 is 67.8 Å². The number of pyridine rings is 1. The van der Waals surface area contributed by atoms with Gasteiger partial charge in [-0.15, -0.1) is 0 Å². The van der Waals surface area contributed by atoms with Crippen LogP contribution in [-0.4, -0.2) is 29.2 Å². The molecule has 1 aromatic carbocycles. The summed E-state index contributed by atoms with van der Waals surface area (Å²) >= 11 is 16.9. The molecule has 2 aromatic rings. The number of sulfonamides is 1. The Kier molecular flexibility index (Phi) is 6.52. The summed E-state index contributed by atoms with van der Waals surface area (Å²) in [5.74, 6) is -0.687. The van der Waals surface area contributed by atoms with Gasteiger partial charge in [-0.25, -0.2) is 13.4 Å². The second-order valence-electron chi connectivity index (χ2n) is 5.18. The van der Waals surface area contributed by atoms with Gasteiger partial charge in [-0.3, -0.25) is 9.52 Å². The minimum absolute atomic E-state index is 0.0677. The number of hydrogen-bond donors (Lipinski definition) is 2. The lowest BCUT2D eigenvalue weighted by molar-refractivity contribution is -0.113. The molecule has 0 unspecified atom stereocenters. The topological polar surface area (TPSA) is 88.2 Å². The highest BCUT2D eigenvalue weighted by atomic mass is 35.6. The first kappa shape index (κ1) is 20.5. The molecule has 1 heterocycles. The van der Waals surface area contributed by atoms with Gasteiger partial charge in [0.2, 0.25) is 15.8 Å². The van der Waals surface area contributed by atoms with Crippen LogP contribution in [0.2, 0.25) is 0 Å². The molecule has 0 radical (unpaired) electrons. The summed E-state index contributed by atoms with van der Waals surface area (Å²) in [5.41, 5.74) is 1.26. The highest BCUT2D eigenvalue weighted by molar-refractivity contribution is 7.92. The van der Waals surface area contributed by atoms with E-state index in [1.54, 1.807) is 42.5 Å². The van der Waals surface area contributed by atoms with E-state index in [0.29, 0.717) is 16.9 Å². The number of allylic oxidation sites excluding steroid dienone is 1. The van der Waals surface area contributed by atoms with E-state index < -0.39 is 19.6 Å². The summed E-state index contributed by atoms with van der Waals surface area (Å²) in [7, 11) is -3.55. The van der Waals surface area contributed by atoms with Crippen LogP contribution in [0.25, 0.3) is 5.70 Å². The number of carbonyl (C=O) groups excluding carboxylic acids is 1. The average Bonchev–Trinajstić information content (AvgIpc) is 2.54. The highest BCUT2D eigenvalue weighted by Crippen LogP contribution is 2.30. The van der Waals surface area contributed by atoms with E-state index >= 15 is 0 Å². The summed E-state index contributed by atoms with van der Waals surface area (Å²) in [4.78, 5) is 16.1. The lowest BCUT2D eigenvalue weighted by atomic mass is 10.1. The van der Waals surface area contributed by atoms with Crippen molar-refractivity contribution in [3.05, 3.63) is 60.3 Å². The minimum Gasteiger partial charge on any atom is -0.352 e. The van der Waals surface area contributed by atoms with Crippen LogP contribution in [0.5, 0.6) is 0 Å². The Balaban J connectivity index is 2.46. The zero-order valence-electron chi connectivity index (χ0n) is 13.4. The molecule has 0 aliphatic rings. The molecule has 0 spiro atoms. The van der Waals surface area contributed by atoms with Crippen LogP contribution in [0.3, 0.4) is 0 Å². The van der Waals surface area contributed by atoms with Crippen molar-refractivity contribution in [2.24, 2.45) is 0 Å². The molecule has 0 amide bonds. The van der Waals surface area contributed by atoms with Gasteiger partial charge in [0.25, 0.3) is 3.79 Å². The normalized spacial score (nSPS) is 12.5. The number of halogens is 3. The molecule has 2 rings (SSSR count). The number of nitrogens with one attached hydrogen (secondary N) is 2. The molecule has 0 fully saturated rings. The maximum Gasteiger partial charge on any atom is 0.252 e. The van der Waals surface area contributed by atoms with Gasteiger partial charge < -0.3 is 5.32 Å². The Morgan fingerprint density at radius 1 is 1.12 bits per heavy atom. The van der Waals surface area contributed by atoms with Crippen LogP contribution < -0.4 is 10.0 Å².